The Morgan fingerprint density at radius 1 is 1.50 bits per heavy atom. The van der Waals surface area contributed by atoms with E-state index in [0.717, 1.165) is 31.5 Å². The second-order valence-corrected chi connectivity index (χ2v) is 4.61. The summed E-state index contributed by atoms with van der Waals surface area (Å²) >= 11 is 0. The maximum absolute atomic E-state index is 13.4. The van der Waals surface area contributed by atoms with Crippen LogP contribution in [0.3, 0.4) is 0 Å². The highest BCUT2D eigenvalue weighted by Crippen LogP contribution is 2.14. The molecule has 1 aliphatic rings. The number of amides is 1. The molecule has 3 nitrogen and oxygen atoms in total. The quantitative estimate of drug-likeness (QED) is 0.892. The number of hydrogen-bond donors (Lipinski definition) is 1. The summed E-state index contributed by atoms with van der Waals surface area (Å²) in [6.45, 7) is 1.51. The minimum atomic E-state index is -0.827. The van der Waals surface area contributed by atoms with Gasteiger partial charge in [0.15, 0.2) is 0 Å². The number of rotatable bonds is 3. The molecule has 1 saturated heterocycles. The first-order chi connectivity index (χ1) is 8.58. The molecule has 98 valence electrons. The second kappa shape index (κ2) is 5.44. The van der Waals surface area contributed by atoms with Gasteiger partial charge in [-0.1, -0.05) is 0 Å². The third-order valence-electron chi connectivity index (χ3n) is 3.35. The maximum atomic E-state index is 13.4. The number of benzene rings is 1. The molecule has 1 atom stereocenters. The van der Waals surface area contributed by atoms with Crippen molar-refractivity contribution >= 4 is 5.91 Å². The normalized spacial score (nSPS) is 20.1. The van der Waals surface area contributed by atoms with E-state index in [-0.39, 0.29) is 5.56 Å². The average molecular weight is 254 g/mol. The van der Waals surface area contributed by atoms with Crippen molar-refractivity contribution in [3.63, 3.8) is 0 Å². The fraction of sp³-hybridized carbons (Fsp3) is 0.462. The summed E-state index contributed by atoms with van der Waals surface area (Å²) in [6, 6.07) is 3.27. The number of carbonyl (C=O) groups is 1. The lowest BCUT2D eigenvalue weighted by atomic mass is 10.1. The Morgan fingerprint density at radius 2 is 2.28 bits per heavy atom. The second-order valence-electron chi connectivity index (χ2n) is 4.61. The summed E-state index contributed by atoms with van der Waals surface area (Å²) in [7, 11) is 2.00. The average Bonchev–Trinajstić information content (AvgIpc) is 2.72. The van der Waals surface area contributed by atoms with Gasteiger partial charge in [-0.25, -0.2) is 8.78 Å². The molecule has 18 heavy (non-hydrogen) atoms. The summed E-state index contributed by atoms with van der Waals surface area (Å²) in [5.41, 5.74) is -0.114. The van der Waals surface area contributed by atoms with Crippen molar-refractivity contribution in [2.75, 3.05) is 20.1 Å². The molecule has 1 unspecified atom stereocenters. The topological polar surface area (TPSA) is 32.3 Å². The van der Waals surface area contributed by atoms with Crippen LogP contribution in [-0.2, 0) is 0 Å². The number of halogens is 2. The minimum Gasteiger partial charge on any atom is -0.350 e. The van der Waals surface area contributed by atoms with Crippen LogP contribution in [0.25, 0.3) is 0 Å². The van der Waals surface area contributed by atoms with E-state index in [1.807, 2.05) is 7.05 Å². The van der Waals surface area contributed by atoms with Crippen LogP contribution in [0.5, 0.6) is 0 Å². The first-order valence-corrected chi connectivity index (χ1v) is 6.01. The number of likely N-dealkylation sites (tertiary alicyclic amines) is 1. The summed E-state index contributed by atoms with van der Waals surface area (Å²) in [6.07, 6.45) is 2.14. The van der Waals surface area contributed by atoms with Crippen molar-refractivity contribution < 1.29 is 13.6 Å². The van der Waals surface area contributed by atoms with Crippen molar-refractivity contribution in [2.24, 2.45) is 0 Å². The van der Waals surface area contributed by atoms with Gasteiger partial charge in [0.2, 0.25) is 0 Å². The lowest BCUT2D eigenvalue weighted by Crippen LogP contribution is -2.38. The van der Waals surface area contributed by atoms with Crippen LogP contribution in [0.15, 0.2) is 18.2 Å². The van der Waals surface area contributed by atoms with Crippen LogP contribution in [0.4, 0.5) is 8.78 Å². The third kappa shape index (κ3) is 2.85. The van der Waals surface area contributed by atoms with Gasteiger partial charge in [0.05, 0.1) is 5.56 Å². The van der Waals surface area contributed by atoms with Gasteiger partial charge < -0.3 is 10.2 Å². The number of nitrogens with one attached hydrogen (secondary N) is 1. The Balaban J connectivity index is 1.95. The number of likely N-dealkylation sites (N-methyl/N-ethyl adjacent to an activating group) is 1. The highest BCUT2D eigenvalue weighted by molar-refractivity contribution is 5.94. The van der Waals surface area contributed by atoms with E-state index < -0.39 is 17.5 Å². The molecule has 0 radical (unpaired) electrons. The van der Waals surface area contributed by atoms with Gasteiger partial charge in [-0.3, -0.25) is 4.79 Å². The predicted molar refractivity (Wildman–Crippen MR) is 64.3 cm³/mol. The van der Waals surface area contributed by atoms with Crippen LogP contribution < -0.4 is 5.32 Å². The van der Waals surface area contributed by atoms with Crippen molar-refractivity contribution in [3.05, 3.63) is 35.4 Å². The first-order valence-electron chi connectivity index (χ1n) is 6.01. The zero-order chi connectivity index (χ0) is 13.1. The molecule has 1 aromatic rings. The van der Waals surface area contributed by atoms with Crippen molar-refractivity contribution in [3.8, 4) is 0 Å². The number of hydrogen-bond acceptors (Lipinski definition) is 2. The Kier molecular flexibility index (Phi) is 3.91. The number of carbonyl (C=O) groups excluding carboxylic acids is 1. The number of nitrogens with zero attached hydrogens (tertiary/aromatic N) is 1. The molecule has 1 N–H and O–H groups in total. The zero-order valence-corrected chi connectivity index (χ0v) is 10.2. The van der Waals surface area contributed by atoms with E-state index in [1.54, 1.807) is 0 Å². The summed E-state index contributed by atoms with van der Waals surface area (Å²) < 4.78 is 26.1. The Bertz CT molecular complexity index is 451. The van der Waals surface area contributed by atoms with E-state index in [9.17, 15) is 13.6 Å². The lowest BCUT2D eigenvalue weighted by molar-refractivity contribution is 0.0939. The summed E-state index contributed by atoms with van der Waals surface area (Å²) in [5, 5.41) is 2.69. The molecular formula is C13H16F2N2O. The van der Waals surface area contributed by atoms with Crippen LogP contribution >= 0.6 is 0 Å². The molecule has 0 saturated carbocycles. The monoisotopic (exact) mass is 254 g/mol. The van der Waals surface area contributed by atoms with Gasteiger partial charge >= 0.3 is 0 Å². The smallest absolute Gasteiger partial charge is 0.254 e. The molecule has 2 rings (SSSR count). The summed E-state index contributed by atoms with van der Waals surface area (Å²) in [5.74, 6) is -2.00. The highest BCUT2D eigenvalue weighted by Gasteiger charge is 2.22. The van der Waals surface area contributed by atoms with Crippen LogP contribution in [0.1, 0.15) is 23.2 Å². The molecule has 1 aromatic carbocycles. The largest absolute Gasteiger partial charge is 0.350 e. The van der Waals surface area contributed by atoms with E-state index in [1.165, 1.54) is 6.07 Å². The first kappa shape index (κ1) is 13.0. The van der Waals surface area contributed by atoms with Crippen LogP contribution in [-0.4, -0.2) is 37.0 Å². The molecule has 1 fully saturated rings. The van der Waals surface area contributed by atoms with Crippen LogP contribution in [0, 0.1) is 11.6 Å². The van der Waals surface area contributed by atoms with Crippen molar-refractivity contribution in [1.82, 2.24) is 10.2 Å². The van der Waals surface area contributed by atoms with E-state index in [4.69, 9.17) is 0 Å². The van der Waals surface area contributed by atoms with E-state index >= 15 is 0 Å². The molecule has 0 spiro atoms. The fourth-order valence-corrected chi connectivity index (χ4v) is 2.22. The standard InChI is InChI=1S/C13H16F2N2O/c1-17-6-2-3-10(17)8-16-13(18)11-5-4-9(14)7-12(11)15/h4-5,7,10H,2-3,6,8H2,1H3,(H,16,18). The summed E-state index contributed by atoms with van der Waals surface area (Å²) in [4.78, 5) is 13.9. The zero-order valence-electron chi connectivity index (χ0n) is 10.2. The van der Waals surface area contributed by atoms with E-state index in [0.29, 0.717) is 12.6 Å². The van der Waals surface area contributed by atoms with Gasteiger partial charge in [-0.05, 0) is 38.6 Å². The third-order valence-corrected chi connectivity index (χ3v) is 3.35. The Hall–Kier alpha value is -1.49. The molecular weight excluding hydrogens is 238 g/mol. The molecule has 1 heterocycles. The van der Waals surface area contributed by atoms with Gasteiger partial charge in [-0.15, -0.1) is 0 Å². The molecule has 0 bridgehead atoms. The molecule has 5 heteroatoms. The lowest BCUT2D eigenvalue weighted by Gasteiger charge is -2.19. The minimum absolute atomic E-state index is 0.114. The molecule has 1 aliphatic heterocycles. The van der Waals surface area contributed by atoms with Gasteiger partial charge in [-0.2, -0.15) is 0 Å². The fourth-order valence-electron chi connectivity index (χ4n) is 2.22. The highest BCUT2D eigenvalue weighted by atomic mass is 19.1. The van der Waals surface area contributed by atoms with Gasteiger partial charge in [0, 0.05) is 18.7 Å². The van der Waals surface area contributed by atoms with Gasteiger partial charge in [0.1, 0.15) is 11.6 Å². The van der Waals surface area contributed by atoms with Gasteiger partial charge in [0.25, 0.3) is 5.91 Å². The Labute approximate surface area is 105 Å². The molecule has 0 aromatic heterocycles. The van der Waals surface area contributed by atoms with Crippen LogP contribution in [0.2, 0.25) is 0 Å². The maximum Gasteiger partial charge on any atom is 0.254 e. The van der Waals surface area contributed by atoms with Crippen molar-refractivity contribution in [2.45, 2.75) is 18.9 Å². The Morgan fingerprint density at radius 3 is 2.89 bits per heavy atom. The van der Waals surface area contributed by atoms with E-state index in [2.05, 4.69) is 10.2 Å². The molecule has 0 aliphatic carbocycles. The predicted octanol–water partition coefficient (Wildman–Crippen LogP) is 1.79. The van der Waals surface area contributed by atoms with Crippen molar-refractivity contribution in [1.29, 1.82) is 0 Å². The SMILES string of the molecule is CN1CCCC1CNC(=O)c1ccc(F)cc1F. The molecule has 1 amide bonds.